The van der Waals surface area contributed by atoms with Crippen LogP contribution in [0.4, 0.5) is 5.69 Å². The van der Waals surface area contributed by atoms with Crippen molar-refractivity contribution in [3.8, 4) is 6.07 Å². The molecule has 7 heteroatoms. The third kappa shape index (κ3) is 4.38. The first kappa shape index (κ1) is 20.0. The maximum Gasteiger partial charge on any atom is 0.340 e. The van der Waals surface area contributed by atoms with E-state index in [-0.39, 0.29) is 0 Å². The molecule has 0 aliphatic heterocycles. The number of nitriles is 1. The molecule has 1 amide bonds. The van der Waals surface area contributed by atoms with Crippen LogP contribution in [0, 0.1) is 25.2 Å². The zero-order valence-corrected chi connectivity index (χ0v) is 16.4. The van der Waals surface area contributed by atoms with Crippen LogP contribution in [0.25, 0.3) is 0 Å². The van der Waals surface area contributed by atoms with Crippen LogP contribution in [0.1, 0.15) is 40.0 Å². The van der Waals surface area contributed by atoms with E-state index in [1.165, 1.54) is 6.92 Å². The Kier molecular flexibility index (Phi) is 5.84. The zero-order valence-electron chi connectivity index (χ0n) is 16.4. The van der Waals surface area contributed by atoms with E-state index in [2.05, 4.69) is 5.32 Å². The highest BCUT2D eigenvalue weighted by Gasteiger charge is 2.23. The maximum atomic E-state index is 12.6. The largest absolute Gasteiger partial charge is 0.467 e. The molecule has 0 unspecified atom stereocenters. The van der Waals surface area contributed by atoms with Crippen molar-refractivity contribution in [3.05, 3.63) is 77.0 Å². The van der Waals surface area contributed by atoms with Crippen molar-refractivity contribution < 1.29 is 18.7 Å². The van der Waals surface area contributed by atoms with E-state index in [0.717, 1.165) is 17.1 Å². The van der Waals surface area contributed by atoms with Gasteiger partial charge in [-0.25, -0.2) is 4.79 Å². The van der Waals surface area contributed by atoms with Gasteiger partial charge >= 0.3 is 5.97 Å². The van der Waals surface area contributed by atoms with Crippen LogP contribution in [0.3, 0.4) is 0 Å². The second kappa shape index (κ2) is 8.48. The molecule has 1 atom stereocenters. The van der Waals surface area contributed by atoms with Gasteiger partial charge in [-0.2, -0.15) is 5.26 Å². The Bertz CT molecular complexity index is 1070. The minimum atomic E-state index is -1.03. The highest BCUT2D eigenvalue weighted by atomic mass is 16.5. The number of amides is 1. The van der Waals surface area contributed by atoms with Gasteiger partial charge in [0.2, 0.25) is 0 Å². The van der Waals surface area contributed by atoms with E-state index in [4.69, 9.17) is 14.4 Å². The first-order valence-corrected chi connectivity index (χ1v) is 9.10. The van der Waals surface area contributed by atoms with E-state index >= 15 is 0 Å². The predicted molar refractivity (Wildman–Crippen MR) is 106 cm³/mol. The Labute approximate surface area is 168 Å². The van der Waals surface area contributed by atoms with Gasteiger partial charge in [0, 0.05) is 11.4 Å². The topological polar surface area (TPSA) is 97.3 Å². The number of carbonyl (C=O) groups excluding carboxylic acids is 2. The number of nitrogens with zero attached hydrogens (tertiary/aromatic N) is 2. The fourth-order valence-electron chi connectivity index (χ4n) is 3.01. The molecule has 7 nitrogen and oxygen atoms in total. The van der Waals surface area contributed by atoms with E-state index < -0.39 is 18.0 Å². The van der Waals surface area contributed by atoms with Crippen LogP contribution in [-0.4, -0.2) is 22.5 Å². The van der Waals surface area contributed by atoms with Crippen molar-refractivity contribution in [2.45, 2.75) is 33.4 Å². The number of carbonyl (C=O) groups is 2. The third-order valence-electron chi connectivity index (χ3n) is 4.65. The molecule has 0 bridgehead atoms. The maximum absolute atomic E-state index is 12.6. The molecular weight excluding hydrogens is 370 g/mol. The molecule has 2 aromatic heterocycles. The lowest BCUT2D eigenvalue weighted by Crippen LogP contribution is -2.30. The molecule has 0 spiro atoms. The summed E-state index contributed by atoms with van der Waals surface area (Å²) in [6, 6.07) is 14.0. The number of hydrogen-bond acceptors (Lipinski definition) is 5. The number of anilines is 1. The summed E-state index contributed by atoms with van der Waals surface area (Å²) in [6.07, 6.45) is 0.575. The lowest BCUT2D eigenvalue weighted by atomic mass is 10.2. The molecule has 0 saturated carbocycles. The van der Waals surface area contributed by atoms with Gasteiger partial charge in [-0.1, -0.05) is 12.1 Å². The molecule has 1 aromatic carbocycles. The van der Waals surface area contributed by atoms with Crippen molar-refractivity contribution in [1.82, 2.24) is 4.57 Å². The number of hydrogen-bond donors (Lipinski definition) is 1. The summed E-state index contributed by atoms with van der Waals surface area (Å²) in [5, 5.41) is 11.7. The Morgan fingerprint density at radius 3 is 2.69 bits per heavy atom. The van der Waals surface area contributed by atoms with Crippen molar-refractivity contribution in [2.24, 2.45) is 0 Å². The van der Waals surface area contributed by atoms with Crippen molar-refractivity contribution in [1.29, 1.82) is 5.26 Å². The number of aryl methyl sites for hydroxylation is 1. The summed E-state index contributed by atoms with van der Waals surface area (Å²) in [6.45, 7) is 5.70. The van der Waals surface area contributed by atoms with Crippen molar-refractivity contribution in [2.75, 3.05) is 5.32 Å². The first-order valence-electron chi connectivity index (χ1n) is 9.10. The Balaban J connectivity index is 1.69. The standard InChI is InChI=1S/C22H21N3O4/c1-14-11-19(15(2)25(14)13-18-8-6-10-28-18)22(27)29-16(3)21(26)24-20-9-5-4-7-17(20)12-23/h4-11,16H,13H2,1-3H3,(H,24,26)/t16-/m0/s1. The molecule has 0 saturated heterocycles. The number of para-hydroxylation sites is 1. The molecule has 3 rings (SSSR count). The number of esters is 1. The van der Waals surface area contributed by atoms with Gasteiger partial charge < -0.3 is 19.0 Å². The van der Waals surface area contributed by atoms with Crippen LogP contribution in [0.15, 0.2) is 53.1 Å². The van der Waals surface area contributed by atoms with E-state index in [9.17, 15) is 9.59 Å². The number of ether oxygens (including phenoxy) is 1. The third-order valence-corrected chi connectivity index (χ3v) is 4.65. The predicted octanol–water partition coefficient (Wildman–Crippen LogP) is 3.80. The van der Waals surface area contributed by atoms with Gasteiger partial charge in [0.25, 0.3) is 5.91 Å². The molecule has 0 aliphatic rings. The summed E-state index contributed by atoms with van der Waals surface area (Å²) >= 11 is 0. The summed E-state index contributed by atoms with van der Waals surface area (Å²) in [7, 11) is 0. The molecule has 2 heterocycles. The normalized spacial score (nSPS) is 11.5. The molecule has 0 radical (unpaired) electrons. The van der Waals surface area contributed by atoms with Crippen LogP contribution in [-0.2, 0) is 16.1 Å². The minimum Gasteiger partial charge on any atom is -0.467 e. The second-order valence-corrected chi connectivity index (χ2v) is 6.64. The lowest BCUT2D eigenvalue weighted by molar-refractivity contribution is -0.123. The fourth-order valence-corrected chi connectivity index (χ4v) is 3.01. The SMILES string of the molecule is Cc1cc(C(=O)O[C@@H](C)C(=O)Nc2ccccc2C#N)c(C)n1Cc1ccco1. The Morgan fingerprint density at radius 1 is 1.24 bits per heavy atom. The van der Waals surface area contributed by atoms with Gasteiger partial charge in [0.1, 0.15) is 11.8 Å². The molecule has 1 N–H and O–H groups in total. The van der Waals surface area contributed by atoms with Gasteiger partial charge in [0.05, 0.1) is 29.6 Å². The summed E-state index contributed by atoms with van der Waals surface area (Å²) in [5.74, 6) is -0.318. The smallest absolute Gasteiger partial charge is 0.340 e. The minimum absolute atomic E-state index is 0.334. The fraction of sp³-hybridized carbons (Fsp3) is 0.227. The Hall–Kier alpha value is -3.79. The lowest BCUT2D eigenvalue weighted by Gasteiger charge is -2.14. The summed E-state index contributed by atoms with van der Waals surface area (Å²) in [4.78, 5) is 25.0. The highest BCUT2D eigenvalue weighted by molar-refractivity contribution is 5.98. The van der Waals surface area contributed by atoms with E-state index in [1.54, 1.807) is 36.6 Å². The van der Waals surface area contributed by atoms with Gasteiger partial charge in [-0.15, -0.1) is 0 Å². The molecular formula is C22H21N3O4. The van der Waals surface area contributed by atoms with Gasteiger partial charge in [-0.3, -0.25) is 4.79 Å². The summed E-state index contributed by atoms with van der Waals surface area (Å²) < 4.78 is 12.7. The van der Waals surface area contributed by atoms with Crippen molar-refractivity contribution >= 4 is 17.6 Å². The van der Waals surface area contributed by atoms with E-state index in [0.29, 0.717) is 23.4 Å². The molecule has 0 aliphatic carbocycles. The number of aromatic nitrogens is 1. The van der Waals surface area contributed by atoms with Crippen LogP contribution in [0.2, 0.25) is 0 Å². The molecule has 148 valence electrons. The number of nitrogens with one attached hydrogen (secondary N) is 1. The molecule has 0 fully saturated rings. The second-order valence-electron chi connectivity index (χ2n) is 6.64. The van der Waals surface area contributed by atoms with Crippen molar-refractivity contribution in [3.63, 3.8) is 0 Å². The highest BCUT2D eigenvalue weighted by Crippen LogP contribution is 2.20. The van der Waals surface area contributed by atoms with E-state index in [1.807, 2.05) is 36.6 Å². The summed E-state index contributed by atoms with van der Waals surface area (Å²) in [5.41, 5.74) is 2.71. The van der Waals surface area contributed by atoms with Crippen LogP contribution in [0.5, 0.6) is 0 Å². The zero-order chi connectivity index (χ0) is 21.0. The number of benzene rings is 1. The molecule has 29 heavy (non-hydrogen) atoms. The van der Waals surface area contributed by atoms with Crippen LogP contribution >= 0.6 is 0 Å². The van der Waals surface area contributed by atoms with Gasteiger partial charge in [0.15, 0.2) is 6.10 Å². The number of furan rings is 1. The van der Waals surface area contributed by atoms with Crippen LogP contribution < -0.4 is 5.32 Å². The van der Waals surface area contributed by atoms with Gasteiger partial charge in [-0.05, 0) is 51.1 Å². The monoisotopic (exact) mass is 391 g/mol. The quantitative estimate of drug-likeness (QED) is 0.645. The molecule has 3 aromatic rings. The number of rotatable bonds is 6. The average molecular weight is 391 g/mol. The average Bonchev–Trinajstić information content (AvgIpc) is 3.32. The Morgan fingerprint density at radius 2 is 2.00 bits per heavy atom. The first-order chi connectivity index (χ1) is 13.9.